The van der Waals surface area contributed by atoms with Crippen molar-refractivity contribution in [1.82, 2.24) is 0 Å². The number of hydrogen-bond donors (Lipinski definition) is 2. The van der Waals surface area contributed by atoms with Crippen LogP contribution in [0.5, 0.6) is 17.2 Å². The van der Waals surface area contributed by atoms with Gasteiger partial charge in [0.15, 0.2) is 11.5 Å². The minimum Gasteiger partial charge on any atom is -0.508 e. The number of carbonyl (C=O) groups excluding carboxylic acids is 1. The molecule has 0 saturated heterocycles. The van der Waals surface area contributed by atoms with Crippen LogP contribution in [-0.2, 0) is 0 Å². The molecule has 0 atom stereocenters. The molecular formula is C19H21NO4. The molecule has 0 bridgehead atoms. The minimum absolute atomic E-state index is 0.0366. The first-order chi connectivity index (χ1) is 11.6. The van der Waals surface area contributed by atoms with Gasteiger partial charge >= 0.3 is 6.09 Å². The Bertz CT molecular complexity index is 696. The van der Waals surface area contributed by atoms with Crippen LogP contribution in [0.3, 0.4) is 0 Å². The number of anilines is 1. The van der Waals surface area contributed by atoms with Crippen LogP contribution in [0, 0.1) is 0 Å². The van der Waals surface area contributed by atoms with Gasteiger partial charge in [0.2, 0.25) is 0 Å². The van der Waals surface area contributed by atoms with Crippen LogP contribution < -0.4 is 9.64 Å². The molecular weight excluding hydrogens is 306 g/mol. The van der Waals surface area contributed by atoms with Crippen LogP contribution in [0.1, 0.15) is 32.1 Å². The van der Waals surface area contributed by atoms with Gasteiger partial charge < -0.3 is 14.9 Å². The first-order valence-electron chi connectivity index (χ1n) is 8.23. The van der Waals surface area contributed by atoms with E-state index in [0.717, 1.165) is 37.4 Å². The highest BCUT2D eigenvalue weighted by molar-refractivity contribution is 5.90. The number of benzene rings is 2. The molecule has 1 aliphatic rings. The van der Waals surface area contributed by atoms with E-state index in [2.05, 4.69) is 0 Å². The Morgan fingerprint density at radius 3 is 2.38 bits per heavy atom. The third-order valence-corrected chi connectivity index (χ3v) is 4.31. The predicted octanol–water partition coefficient (Wildman–Crippen LogP) is 4.44. The van der Waals surface area contributed by atoms with E-state index in [1.54, 1.807) is 4.90 Å². The van der Waals surface area contributed by atoms with E-state index in [-0.39, 0.29) is 23.3 Å². The largest absolute Gasteiger partial charge is 0.508 e. The molecule has 5 heteroatoms. The molecule has 1 saturated carbocycles. The summed E-state index contributed by atoms with van der Waals surface area (Å²) in [5.74, 6) is -0.311. The number of ether oxygens (including phenoxy) is 1. The predicted molar refractivity (Wildman–Crippen MR) is 91.6 cm³/mol. The van der Waals surface area contributed by atoms with Crippen molar-refractivity contribution in [3.8, 4) is 17.2 Å². The molecule has 0 unspecified atom stereocenters. The smallest absolute Gasteiger partial charge is 0.420 e. The molecule has 1 aliphatic carbocycles. The minimum atomic E-state index is -0.519. The highest BCUT2D eigenvalue weighted by atomic mass is 16.6. The Labute approximate surface area is 141 Å². The van der Waals surface area contributed by atoms with E-state index in [1.807, 2.05) is 30.3 Å². The van der Waals surface area contributed by atoms with Gasteiger partial charge in [-0.3, -0.25) is 4.90 Å². The number of phenols is 2. The van der Waals surface area contributed by atoms with Gasteiger partial charge in [-0.15, -0.1) is 0 Å². The zero-order valence-electron chi connectivity index (χ0n) is 13.4. The van der Waals surface area contributed by atoms with Gasteiger partial charge in [-0.1, -0.05) is 37.5 Å². The molecule has 1 amide bonds. The number of rotatable bonds is 3. The molecule has 126 valence electrons. The lowest BCUT2D eigenvalue weighted by atomic mass is 9.94. The summed E-state index contributed by atoms with van der Waals surface area (Å²) in [4.78, 5) is 14.5. The number of carbonyl (C=O) groups is 1. The van der Waals surface area contributed by atoms with Gasteiger partial charge in [0.05, 0.1) is 0 Å². The third-order valence-electron chi connectivity index (χ3n) is 4.31. The number of amides is 1. The summed E-state index contributed by atoms with van der Waals surface area (Å²) in [6.45, 7) is 0. The summed E-state index contributed by atoms with van der Waals surface area (Å²) in [6.07, 6.45) is 4.72. The van der Waals surface area contributed by atoms with Crippen molar-refractivity contribution in [2.45, 2.75) is 38.1 Å². The maximum Gasteiger partial charge on any atom is 0.420 e. The van der Waals surface area contributed by atoms with Crippen molar-refractivity contribution in [3.05, 3.63) is 48.5 Å². The molecule has 2 N–H and O–H groups in total. The molecule has 2 aromatic rings. The maximum absolute atomic E-state index is 12.8. The number of nitrogens with zero attached hydrogens (tertiary/aromatic N) is 1. The first-order valence-corrected chi connectivity index (χ1v) is 8.23. The second kappa shape index (κ2) is 7.25. The summed E-state index contributed by atoms with van der Waals surface area (Å²) < 4.78 is 5.40. The second-order valence-electron chi connectivity index (χ2n) is 6.02. The van der Waals surface area contributed by atoms with Crippen LogP contribution >= 0.6 is 0 Å². The van der Waals surface area contributed by atoms with Gasteiger partial charge in [-0.25, -0.2) is 4.79 Å². The zero-order valence-corrected chi connectivity index (χ0v) is 13.4. The Kier molecular flexibility index (Phi) is 4.89. The fraction of sp³-hybridized carbons (Fsp3) is 0.316. The quantitative estimate of drug-likeness (QED) is 0.874. The van der Waals surface area contributed by atoms with Crippen molar-refractivity contribution in [1.29, 1.82) is 0 Å². The Morgan fingerprint density at radius 1 is 1.00 bits per heavy atom. The van der Waals surface area contributed by atoms with E-state index < -0.39 is 6.09 Å². The second-order valence-corrected chi connectivity index (χ2v) is 6.02. The van der Waals surface area contributed by atoms with Gasteiger partial charge in [-0.2, -0.15) is 0 Å². The van der Waals surface area contributed by atoms with E-state index in [0.29, 0.717) is 0 Å². The summed E-state index contributed by atoms with van der Waals surface area (Å²) in [5, 5.41) is 19.2. The monoisotopic (exact) mass is 327 g/mol. The van der Waals surface area contributed by atoms with E-state index in [1.165, 1.54) is 18.6 Å². The average Bonchev–Trinajstić information content (AvgIpc) is 2.60. The Hall–Kier alpha value is -2.69. The number of aromatic hydroxyl groups is 2. The number of hydrogen-bond acceptors (Lipinski definition) is 4. The average molecular weight is 327 g/mol. The summed E-state index contributed by atoms with van der Waals surface area (Å²) in [6, 6.07) is 13.4. The van der Waals surface area contributed by atoms with E-state index >= 15 is 0 Å². The van der Waals surface area contributed by atoms with Crippen LogP contribution in [-0.4, -0.2) is 22.3 Å². The van der Waals surface area contributed by atoms with E-state index in [9.17, 15) is 15.0 Å². The molecule has 0 spiro atoms. The first kappa shape index (κ1) is 16.2. The Balaban J connectivity index is 1.85. The fourth-order valence-electron chi connectivity index (χ4n) is 3.13. The summed E-state index contributed by atoms with van der Waals surface area (Å²) in [5.41, 5.74) is 0.785. The third kappa shape index (κ3) is 3.62. The van der Waals surface area contributed by atoms with Gasteiger partial charge in [0, 0.05) is 17.8 Å². The molecule has 0 heterocycles. The molecule has 1 fully saturated rings. The highest BCUT2D eigenvalue weighted by Gasteiger charge is 2.28. The Morgan fingerprint density at radius 2 is 1.71 bits per heavy atom. The number of phenolic OH excluding ortho intramolecular Hbond substituents is 2. The summed E-state index contributed by atoms with van der Waals surface area (Å²) >= 11 is 0. The van der Waals surface area contributed by atoms with Crippen molar-refractivity contribution >= 4 is 11.8 Å². The van der Waals surface area contributed by atoms with Crippen LogP contribution in [0.25, 0.3) is 0 Å². The molecule has 2 aromatic carbocycles. The lowest BCUT2D eigenvalue weighted by Gasteiger charge is -2.33. The van der Waals surface area contributed by atoms with Gasteiger partial charge in [0.25, 0.3) is 0 Å². The standard InChI is InChI=1S/C19H21NO4/c21-16-11-12-18(17(22)13-16)24-19(23)20(14-7-3-1-4-8-14)15-9-5-2-6-10-15/h1,3-4,7-8,11-13,15,21-22H,2,5-6,9-10H2. The normalized spacial score (nSPS) is 15.0. The van der Waals surface area contributed by atoms with E-state index in [4.69, 9.17) is 4.74 Å². The van der Waals surface area contributed by atoms with Crippen molar-refractivity contribution in [2.75, 3.05) is 4.90 Å². The van der Waals surface area contributed by atoms with Crippen LogP contribution in [0.15, 0.2) is 48.5 Å². The topological polar surface area (TPSA) is 70.0 Å². The lowest BCUT2D eigenvalue weighted by Crippen LogP contribution is -2.43. The van der Waals surface area contributed by atoms with Crippen LogP contribution in [0.2, 0.25) is 0 Å². The molecule has 0 aromatic heterocycles. The van der Waals surface area contributed by atoms with Crippen molar-refractivity contribution in [2.24, 2.45) is 0 Å². The lowest BCUT2D eigenvalue weighted by molar-refractivity contribution is 0.200. The molecule has 0 radical (unpaired) electrons. The maximum atomic E-state index is 12.8. The van der Waals surface area contributed by atoms with Crippen molar-refractivity contribution < 1.29 is 19.7 Å². The molecule has 5 nitrogen and oxygen atoms in total. The molecule has 3 rings (SSSR count). The van der Waals surface area contributed by atoms with Gasteiger partial charge in [0.1, 0.15) is 5.75 Å². The fourth-order valence-corrected chi connectivity index (χ4v) is 3.13. The van der Waals surface area contributed by atoms with Gasteiger partial charge in [-0.05, 0) is 37.1 Å². The molecule has 24 heavy (non-hydrogen) atoms. The SMILES string of the molecule is O=C(Oc1ccc(O)cc1O)N(c1ccccc1)C1CCCCC1. The zero-order chi connectivity index (χ0) is 16.9. The van der Waals surface area contributed by atoms with Crippen LogP contribution in [0.4, 0.5) is 10.5 Å². The molecule has 0 aliphatic heterocycles. The van der Waals surface area contributed by atoms with Crippen molar-refractivity contribution in [3.63, 3.8) is 0 Å². The number of para-hydroxylation sites is 1. The summed E-state index contributed by atoms with van der Waals surface area (Å²) in [7, 11) is 0. The highest BCUT2D eigenvalue weighted by Crippen LogP contribution is 2.32.